The number of ether oxygens (including phenoxy) is 1. The summed E-state index contributed by atoms with van der Waals surface area (Å²) in [6.07, 6.45) is 1.12. The summed E-state index contributed by atoms with van der Waals surface area (Å²) in [6, 6.07) is 7.90. The predicted octanol–water partition coefficient (Wildman–Crippen LogP) is 2.65. The normalized spacial score (nSPS) is 11.8. The molecule has 110 valence electrons. The molecule has 0 N–H and O–H groups in total. The van der Waals surface area contributed by atoms with Gasteiger partial charge in [0.1, 0.15) is 0 Å². The minimum Gasteiger partial charge on any atom is -0.469 e. The molecule has 0 heterocycles. The van der Waals surface area contributed by atoms with E-state index in [-0.39, 0.29) is 17.8 Å². The maximum atomic E-state index is 12.0. The number of amides is 1. The Labute approximate surface area is 128 Å². The van der Waals surface area contributed by atoms with Crippen LogP contribution in [-0.2, 0) is 20.7 Å². The molecule has 0 spiro atoms. The first-order valence-electron chi connectivity index (χ1n) is 6.50. The molecule has 0 saturated heterocycles. The zero-order valence-electron chi connectivity index (χ0n) is 12.1. The summed E-state index contributed by atoms with van der Waals surface area (Å²) in [5.74, 6) is -0.572. The van der Waals surface area contributed by atoms with Crippen LogP contribution >= 0.6 is 15.9 Å². The number of rotatable bonds is 6. The predicted molar refractivity (Wildman–Crippen MR) is 81.3 cm³/mol. The minimum atomic E-state index is -0.306. The number of carbonyl (C=O) groups excluding carboxylic acids is 2. The molecule has 1 aromatic carbocycles. The molecule has 0 radical (unpaired) electrons. The van der Waals surface area contributed by atoms with Gasteiger partial charge in [-0.1, -0.05) is 35.0 Å². The molecule has 20 heavy (non-hydrogen) atoms. The number of aryl methyl sites for hydroxylation is 1. The number of halogens is 1. The molecule has 1 atom stereocenters. The largest absolute Gasteiger partial charge is 0.469 e. The Kier molecular flexibility index (Phi) is 6.71. The molecule has 5 heteroatoms. The number of carbonyl (C=O) groups is 2. The van der Waals surface area contributed by atoms with Gasteiger partial charge in [0.25, 0.3) is 0 Å². The van der Waals surface area contributed by atoms with Gasteiger partial charge in [0.2, 0.25) is 5.91 Å². The summed E-state index contributed by atoms with van der Waals surface area (Å²) in [7, 11) is 3.07. The van der Waals surface area contributed by atoms with E-state index in [9.17, 15) is 9.59 Å². The Morgan fingerprint density at radius 3 is 2.70 bits per heavy atom. The van der Waals surface area contributed by atoms with E-state index in [1.165, 1.54) is 7.11 Å². The number of esters is 1. The van der Waals surface area contributed by atoms with Gasteiger partial charge in [-0.3, -0.25) is 9.59 Å². The lowest BCUT2D eigenvalue weighted by Crippen LogP contribution is -2.34. The minimum absolute atomic E-state index is 0.0285. The van der Waals surface area contributed by atoms with E-state index in [0.717, 1.165) is 10.0 Å². The van der Waals surface area contributed by atoms with Crippen molar-refractivity contribution in [2.75, 3.05) is 20.7 Å². The molecule has 0 aromatic heterocycles. The van der Waals surface area contributed by atoms with Gasteiger partial charge in [-0.25, -0.2) is 0 Å². The Morgan fingerprint density at radius 2 is 2.10 bits per heavy atom. The van der Waals surface area contributed by atoms with Crippen LogP contribution in [0.25, 0.3) is 0 Å². The first-order chi connectivity index (χ1) is 9.43. The fourth-order valence-corrected chi connectivity index (χ4v) is 2.37. The fourth-order valence-electron chi connectivity index (χ4n) is 1.92. The van der Waals surface area contributed by atoms with Crippen molar-refractivity contribution in [3.05, 3.63) is 34.3 Å². The standard InChI is InChI=1S/C15H20BrNO3/c1-11(15(19)20-3)10-17(2)14(18)8-7-12-5-4-6-13(16)9-12/h4-6,9,11H,7-8,10H2,1-3H3. The summed E-state index contributed by atoms with van der Waals surface area (Å²) in [5, 5.41) is 0. The number of hydrogen-bond donors (Lipinski definition) is 0. The second-order valence-corrected chi connectivity index (χ2v) is 5.74. The lowest BCUT2D eigenvalue weighted by atomic mass is 10.1. The summed E-state index contributed by atoms with van der Waals surface area (Å²) < 4.78 is 5.66. The van der Waals surface area contributed by atoms with Gasteiger partial charge >= 0.3 is 5.97 Å². The van der Waals surface area contributed by atoms with Crippen molar-refractivity contribution in [1.82, 2.24) is 4.90 Å². The Bertz CT molecular complexity index is 476. The number of benzene rings is 1. The van der Waals surface area contributed by atoms with Crippen molar-refractivity contribution in [2.24, 2.45) is 5.92 Å². The van der Waals surface area contributed by atoms with Gasteiger partial charge in [-0.15, -0.1) is 0 Å². The van der Waals surface area contributed by atoms with Gasteiger partial charge in [-0.2, -0.15) is 0 Å². The molecule has 1 rings (SSSR count). The van der Waals surface area contributed by atoms with E-state index in [0.29, 0.717) is 19.4 Å². The van der Waals surface area contributed by atoms with E-state index in [4.69, 9.17) is 0 Å². The number of nitrogens with zero attached hydrogens (tertiary/aromatic N) is 1. The Balaban J connectivity index is 2.44. The second kappa shape index (κ2) is 8.04. The lowest BCUT2D eigenvalue weighted by Gasteiger charge is -2.20. The van der Waals surface area contributed by atoms with E-state index in [1.54, 1.807) is 18.9 Å². The highest BCUT2D eigenvalue weighted by atomic mass is 79.9. The van der Waals surface area contributed by atoms with Crippen LogP contribution in [0.4, 0.5) is 0 Å². The van der Waals surface area contributed by atoms with E-state index in [1.807, 2.05) is 24.3 Å². The van der Waals surface area contributed by atoms with Crippen molar-refractivity contribution in [3.63, 3.8) is 0 Å². The zero-order chi connectivity index (χ0) is 15.1. The quantitative estimate of drug-likeness (QED) is 0.747. The maximum Gasteiger partial charge on any atom is 0.310 e. The molecule has 0 fully saturated rings. The average molecular weight is 342 g/mol. The van der Waals surface area contributed by atoms with Gasteiger partial charge in [-0.05, 0) is 24.1 Å². The van der Waals surface area contributed by atoms with Crippen molar-refractivity contribution in [1.29, 1.82) is 0 Å². The van der Waals surface area contributed by atoms with Gasteiger partial charge in [0.05, 0.1) is 13.0 Å². The fraction of sp³-hybridized carbons (Fsp3) is 0.467. The summed E-state index contributed by atoms with van der Waals surface area (Å²) in [4.78, 5) is 24.9. The summed E-state index contributed by atoms with van der Waals surface area (Å²) in [6.45, 7) is 2.13. The number of hydrogen-bond acceptors (Lipinski definition) is 3. The first-order valence-corrected chi connectivity index (χ1v) is 7.29. The molecule has 1 amide bonds. The Morgan fingerprint density at radius 1 is 1.40 bits per heavy atom. The average Bonchev–Trinajstić information content (AvgIpc) is 2.43. The SMILES string of the molecule is COC(=O)C(C)CN(C)C(=O)CCc1cccc(Br)c1. The van der Waals surface area contributed by atoms with Crippen LogP contribution in [0.15, 0.2) is 28.7 Å². The molecule has 1 aromatic rings. The monoisotopic (exact) mass is 341 g/mol. The molecular weight excluding hydrogens is 322 g/mol. The third-order valence-electron chi connectivity index (χ3n) is 3.09. The molecular formula is C15H20BrNO3. The molecule has 4 nitrogen and oxygen atoms in total. The van der Waals surface area contributed by atoms with Crippen LogP contribution < -0.4 is 0 Å². The molecule has 0 aliphatic rings. The molecule has 0 aliphatic carbocycles. The van der Waals surface area contributed by atoms with Crippen molar-refractivity contribution >= 4 is 27.8 Å². The van der Waals surface area contributed by atoms with Crippen LogP contribution in [0, 0.1) is 5.92 Å². The smallest absolute Gasteiger partial charge is 0.310 e. The van der Waals surface area contributed by atoms with E-state index >= 15 is 0 Å². The first kappa shape index (κ1) is 16.7. The highest BCUT2D eigenvalue weighted by molar-refractivity contribution is 9.10. The van der Waals surface area contributed by atoms with Crippen molar-refractivity contribution < 1.29 is 14.3 Å². The van der Waals surface area contributed by atoms with Crippen molar-refractivity contribution in [3.8, 4) is 0 Å². The number of methoxy groups -OCH3 is 1. The van der Waals surface area contributed by atoms with Crippen LogP contribution in [0.5, 0.6) is 0 Å². The van der Waals surface area contributed by atoms with E-state index < -0.39 is 0 Å². The summed E-state index contributed by atoms with van der Waals surface area (Å²) >= 11 is 3.41. The van der Waals surface area contributed by atoms with Crippen LogP contribution in [0.1, 0.15) is 18.9 Å². The zero-order valence-corrected chi connectivity index (χ0v) is 13.6. The van der Waals surface area contributed by atoms with Crippen LogP contribution in [-0.4, -0.2) is 37.5 Å². The second-order valence-electron chi connectivity index (χ2n) is 4.83. The highest BCUT2D eigenvalue weighted by Crippen LogP contribution is 2.13. The van der Waals surface area contributed by atoms with E-state index in [2.05, 4.69) is 20.7 Å². The van der Waals surface area contributed by atoms with Gasteiger partial charge in [0, 0.05) is 24.5 Å². The van der Waals surface area contributed by atoms with Gasteiger partial charge in [0.15, 0.2) is 0 Å². The molecule has 0 saturated carbocycles. The lowest BCUT2D eigenvalue weighted by molar-refractivity contribution is -0.146. The highest BCUT2D eigenvalue weighted by Gasteiger charge is 2.18. The third kappa shape index (κ3) is 5.33. The molecule has 0 aliphatic heterocycles. The third-order valence-corrected chi connectivity index (χ3v) is 3.59. The molecule has 1 unspecified atom stereocenters. The summed E-state index contributed by atoms with van der Waals surface area (Å²) in [5.41, 5.74) is 1.11. The Hall–Kier alpha value is -1.36. The molecule has 0 bridgehead atoms. The van der Waals surface area contributed by atoms with Crippen molar-refractivity contribution in [2.45, 2.75) is 19.8 Å². The topological polar surface area (TPSA) is 46.6 Å². The van der Waals surface area contributed by atoms with Crippen LogP contribution in [0.3, 0.4) is 0 Å². The van der Waals surface area contributed by atoms with Gasteiger partial charge < -0.3 is 9.64 Å². The maximum absolute atomic E-state index is 12.0. The van der Waals surface area contributed by atoms with Crippen LogP contribution in [0.2, 0.25) is 0 Å².